The number of amides is 1. The van der Waals surface area contributed by atoms with E-state index in [1.165, 1.54) is 6.42 Å². The first-order valence-electron chi connectivity index (χ1n) is 6.13. The van der Waals surface area contributed by atoms with Gasteiger partial charge in [0.05, 0.1) is 0 Å². The Bertz CT molecular complexity index is 249. The fourth-order valence-electron chi connectivity index (χ4n) is 2.81. The molecule has 2 saturated heterocycles. The summed E-state index contributed by atoms with van der Waals surface area (Å²) in [5.41, 5.74) is 0.0992. The molecule has 0 aliphatic carbocycles. The average Bonchev–Trinajstić information content (AvgIpc) is 2.58. The second kappa shape index (κ2) is 5.37. The highest BCUT2D eigenvalue weighted by molar-refractivity contribution is 5.85. The van der Waals surface area contributed by atoms with Gasteiger partial charge >= 0.3 is 0 Å². The number of piperidine rings is 1. The van der Waals surface area contributed by atoms with Crippen molar-refractivity contribution in [2.24, 2.45) is 5.92 Å². The van der Waals surface area contributed by atoms with Crippen LogP contribution in [0.1, 0.15) is 39.5 Å². The van der Waals surface area contributed by atoms with Gasteiger partial charge in [0.1, 0.15) is 0 Å². The molecular formula is C12H23ClN2O. The van der Waals surface area contributed by atoms with E-state index in [1.807, 2.05) is 0 Å². The van der Waals surface area contributed by atoms with Crippen LogP contribution in [0.2, 0.25) is 0 Å². The lowest BCUT2D eigenvalue weighted by Crippen LogP contribution is -2.47. The normalized spacial score (nSPS) is 25.2. The van der Waals surface area contributed by atoms with Crippen LogP contribution in [0.25, 0.3) is 0 Å². The van der Waals surface area contributed by atoms with E-state index in [0.29, 0.717) is 5.91 Å². The number of nitrogens with one attached hydrogen (secondary N) is 1. The van der Waals surface area contributed by atoms with Crippen molar-refractivity contribution in [1.82, 2.24) is 10.2 Å². The SMILES string of the molecule is CC1(C)CCCN1C(=O)C1CCNCC1.Cl. The maximum atomic E-state index is 12.3. The average molecular weight is 247 g/mol. The predicted molar refractivity (Wildman–Crippen MR) is 67.9 cm³/mol. The first-order valence-corrected chi connectivity index (χ1v) is 6.13. The summed E-state index contributed by atoms with van der Waals surface area (Å²) in [4.78, 5) is 14.4. The van der Waals surface area contributed by atoms with Crippen LogP contribution in [-0.2, 0) is 4.79 Å². The summed E-state index contributed by atoms with van der Waals surface area (Å²) in [7, 11) is 0. The highest BCUT2D eigenvalue weighted by atomic mass is 35.5. The highest BCUT2D eigenvalue weighted by Crippen LogP contribution is 2.31. The summed E-state index contributed by atoms with van der Waals surface area (Å²) in [6, 6.07) is 0. The van der Waals surface area contributed by atoms with E-state index in [2.05, 4.69) is 24.1 Å². The third kappa shape index (κ3) is 2.69. The minimum Gasteiger partial charge on any atom is -0.337 e. The quantitative estimate of drug-likeness (QED) is 0.766. The fourth-order valence-corrected chi connectivity index (χ4v) is 2.81. The Hall–Kier alpha value is -0.280. The molecule has 2 aliphatic heterocycles. The smallest absolute Gasteiger partial charge is 0.226 e. The molecule has 0 radical (unpaired) electrons. The van der Waals surface area contributed by atoms with E-state index < -0.39 is 0 Å². The Morgan fingerprint density at radius 1 is 1.31 bits per heavy atom. The zero-order valence-electron chi connectivity index (χ0n) is 10.3. The molecule has 0 unspecified atom stereocenters. The molecule has 16 heavy (non-hydrogen) atoms. The van der Waals surface area contributed by atoms with Crippen LogP contribution in [0.4, 0.5) is 0 Å². The largest absolute Gasteiger partial charge is 0.337 e. The van der Waals surface area contributed by atoms with Crippen LogP contribution in [0, 0.1) is 5.92 Å². The van der Waals surface area contributed by atoms with Gasteiger partial charge in [-0.25, -0.2) is 0 Å². The van der Waals surface area contributed by atoms with E-state index in [0.717, 1.165) is 38.9 Å². The van der Waals surface area contributed by atoms with Crippen molar-refractivity contribution in [1.29, 1.82) is 0 Å². The highest BCUT2D eigenvalue weighted by Gasteiger charge is 2.38. The maximum absolute atomic E-state index is 12.3. The molecule has 0 saturated carbocycles. The molecule has 3 nitrogen and oxygen atoms in total. The van der Waals surface area contributed by atoms with Crippen LogP contribution in [-0.4, -0.2) is 36.0 Å². The van der Waals surface area contributed by atoms with E-state index in [9.17, 15) is 4.79 Å². The molecule has 0 aromatic carbocycles. The van der Waals surface area contributed by atoms with Crippen molar-refractivity contribution in [2.45, 2.75) is 45.1 Å². The summed E-state index contributed by atoms with van der Waals surface area (Å²) in [5, 5.41) is 3.31. The molecule has 2 heterocycles. The zero-order valence-corrected chi connectivity index (χ0v) is 11.1. The van der Waals surface area contributed by atoms with Gasteiger partial charge in [0.15, 0.2) is 0 Å². The molecule has 2 fully saturated rings. The van der Waals surface area contributed by atoms with Gasteiger partial charge in [-0.2, -0.15) is 0 Å². The van der Waals surface area contributed by atoms with Gasteiger partial charge in [0.25, 0.3) is 0 Å². The Balaban J connectivity index is 0.00000128. The number of rotatable bonds is 1. The number of hydrogen-bond donors (Lipinski definition) is 1. The van der Waals surface area contributed by atoms with Crippen LogP contribution >= 0.6 is 12.4 Å². The number of carbonyl (C=O) groups is 1. The van der Waals surface area contributed by atoms with Crippen molar-refractivity contribution in [2.75, 3.05) is 19.6 Å². The fraction of sp³-hybridized carbons (Fsp3) is 0.917. The lowest BCUT2D eigenvalue weighted by molar-refractivity contribution is -0.139. The Morgan fingerprint density at radius 2 is 1.94 bits per heavy atom. The topological polar surface area (TPSA) is 32.3 Å². The molecule has 4 heteroatoms. The van der Waals surface area contributed by atoms with Crippen molar-refractivity contribution in [3.05, 3.63) is 0 Å². The van der Waals surface area contributed by atoms with Crippen LogP contribution in [0.5, 0.6) is 0 Å². The molecule has 1 N–H and O–H groups in total. The predicted octanol–water partition coefficient (Wildman–Crippen LogP) is 1.81. The third-order valence-electron chi connectivity index (χ3n) is 3.86. The molecular weight excluding hydrogens is 224 g/mol. The summed E-state index contributed by atoms with van der Waals surface area (Å²) < 4.78 is 0. The van der Waals surface area contributed by atoms with E-state index in [-0.39, 0.29) is 23.9 Å². The third-order valence-corrected chi connectivity index (χ3v) is 3.86. The number of hydrogen-bond acceptors (Lipinski definition) is 2. The lowest BCUT2D eigenvalue weighted by Gasteiger charge is -2.35. The van der Waals surface area contributed by atoms with Gasteiger partial charge in [-0.15, -0.1) is 12.4 Å². The number of carbonyl (C=O) groups excluding carboxylic acids is 1. The first-order chi connectivity index (χ1) is 7.11. The second-order valence-corrected chi connectivity index (χ2v) is 5.43. The standard InChI is InChI=1S/C12H22N2O.ClH/c1-12(2)6-3-9-14(12)11(15)10-4-7-13-8-5-10;/h10,13H,3-9H2,1-2H3;1H. The van der Waals surface area contributed by atoms with Gasteiger partial charge in [-0.05, 0) is 52.6 Å². The maximum Gasteiger partial charge on any atom is 0.226 e. The van der Waals surface area contributed by atoms with Gasteiger partial charge < -0.3 is 10.2 Å². The molecule has 2 rings (SSSR count). The molecule has 0 atom stereocenters. The zero-order chi connectivity index (χ0) is 10.9. The van der Waals surface area contributed by atoms with Gasteiger partial charge in [-0.3, -0.25) is 4.79 Å². The Morgan fingerprint density at radius 3 is 2.44 bits per heavy atom. The molecule has 0 aromatic rings. The van der Waals surface area contributed by atoms with Crippen molar-refractivity contribution < 1.29 is 4.79 Å². The summed E-state index contributed by atoms with van der Waals surface area (Å²) >= 11 is 0. The molecule has 0 aromatic heterocycles. The van der Waals surface area contributed by atoms with E-state index >= 15 is 0 Å². The Kier molecular flexibility index (Phi) is 4.62. The minimum absolute atomic E-state index is 0. The van der Waals surface area contributed by atoms with E-state index in [4.69, 9.17) is 0 Å². The van der Waals surface area contributed by atoms with Crippen LogP contribution in [0.15, 0.2) is 0 Å². The number of nitrogens with zero attached hydrogens (tertiary/aromatic N) is 1. The first kappa shape index (κ1) is 13.8. The molecule has 94 valence electrons. The monoisotopic (exact) mass is 246 g/mol. The second-order valence-electron chi connectivity index (χ2n) is 5.43. The van der Waals surface area contributed by atoms with Gasteiger partial charge in [0.2, 0.25) is 5.91 Å². The van der Waals surface area contributed by atoms with Crippen molar-refractivity contribution in [3.8, 4) is 0 Å². The minimum atomic E-state index is 0. The summed E-state index contributed by atoms with van der Waals surface area (Å²) in [6.45, 7) is 7.36. The summed E-state index contributed by atoms with van der Waals surface area (Å²) in [6.07, 6.45) is 4.37. The summed E-state index contributed by atoms with van der Waals surface area (Å²) in [5.74, 6) is 0.683. The number of likely N-dealkylation sites (tertiary alicyclic amines) is 1. The van der Waals surface area contributed by atoms with Crippen molar-refractivity contribution >= 4 is 18.3 Å². The molecule has 0 bridgehead atoms. The van der Waals surface area contributed by atoms with E-state index in [1.54, 1.807) is 0 Å². The van der Waals surface area contributed by atoms with Crippen LogP contribution in [0.3, 0.4) is 0 Å². The number of halogens is 1. The van der Waals surface area contributed by atoms with Crippen molar-refractivity contribution in [3.63, 3.8) is 0 Å². The molecule has 0 spiro atoms. The van der Waals surface area contributed by atoms with Gasteiger partial charge in [0, 0.05) is 18.0 Å². The molecule has 2 aliphatic rings. The lowest BCUT2D eigenvalue weighted by atomic mass is 9.94. The van der Waals surface area contributed by atoms with Crippen LogP contribution < -0.4 is 5.32 Å². The molecule has 1 amide bonds. The Labute approximate surface area is 104 Å². The van der Waals surface area contributed by atoms with Gasteiger partial charge in [-0.1, -0.05) is 0 Å².